The van der Waals surface area contributed by atoms with Gasteiger partial charge in [0.2, 0.25) is 0 Å². The van der Waals surface area contributed by atoms with Gasteiger partial charge in [-0.3, -0.25) is 4.79 Å². The van der Waals surface area contributed by atoms with Gasteiger partial charge < -0.3 is 15.5 Å². The van der Waals surface area contributed by atoms with Crippen LogP contribution in [0.5, 0.6) is 11.5 Å². The van der Waals surface area contributed by atoms with Crippen LogP contribution in [0.4, 0.5) is 4.39 Å². The van der Waals surface area contributed by atoms with Crippen LogP contribution in [0.25, 0.3) is 0 Å². The molecule has 1 rings (SSSR count). The van der Waals surface area contributed by atoms with Crippen molar-refractivity contribution in [3.05, 3.63) is 21.9 Å². The standard InChI is InChI=1S/C9H9BrFNO3/c1-12-3-6(14)7-8(11)4(10)2-5(13)9(7)15/h2,12-13,15H,3H2,1H3. The van der Waals surface area contributed by atoms with Gasteiger partial charge in [0.15, 0.2) is 23.1 Å². The normalized spacial score (nSPS) is 10.3. The first-order valence-corrected chi connectivity index (χ1v) is 4.86. The van der Waals surface area contributed by atoms with Crippen molar-refractivity contribution in [3.8, 4) is 11.5 Å². The molecule has 0 aliphatic heterocycles. The van der Waals surface area contributed by atoms with E-state index in [1.807, 2.05) is 0 Å². The van der Waals surface area contributed by atoms with Crippen molar-refractivity contribution in [2.45, 2.75) is 0 Å². The second kappa shape index (κ2) is 4.59. The Morgan fingerprint density at radius 3 is 2.73 bits per heavy atom. The van der Waals surface area contributed by atoms with E-state index in [4.69, 9.17) is 0 Å². The Balaban J connectivity index is 3.32. The molecule has 0 heterocycles. The van der Waals surface area contributed by atoms with Crippen molar-refractivity contribution >= 4 is 21.7 Å². The highest BCUT2D eigenvalue weighted by atomic mass is 79.9. The number of benzene rings is 1. The summed E-state index contributed by atoms with van der Waals surface area (Å²) >= 11 is 2.83. The predicted octanol–water partition coefficient (Wildman–Crippen LogP) is 1.40. The third-order valence-corrected chi connectivity index (χ3v) is 2.37. The molecule has 0 aliphatic carbocycles. The summed E-state index contributed by atoms with van der Waals surface area (Å²) in [6, 6.07) is 0.987. The van der Waals surface area contributed by atoms with E-state index in [1.165, 1.54) is 7.05 Å². The van der Waals surface area contributed by atoms with Gasteiger partial charge in [0.05, 0.1) is 11.0 Å². The fourth-order valence-corrected chi connectivity index (χ4v) is 1.52. The van der Waals surface area contributed by atoms with E-state index in [9.17, 15) is 19.4 Å². The van der Waals surface area contributed by atoms with Crippen LogP contribution in [0.3, 0.4) is 0 Å². The summed E-state index contributed by atoms with van der Waals surface area (Å²) in [5.41, 5.74) is -0.517. The van der Waals surface area contributed by atoms with E-state index in [1.54, 1.807) is 0 Å². The second-order valence-corrected chi connectivity index (χ2v) is 3.72. The van der Waals surface area contributed by atoms with Crippen LogP contribution in [0.1, 0.15) is 10.4 Å². The van der Waals surface area contributed by atoms with Gasteiger partial charge in [-0.05, 0) is 23.0 Å². The molecule has 0 aliphatic rings. The van der Waals surface area contributed by atoms with Gasteiger partial charge in [-0.25, -0.2) is 4.39 Å². The SMILES string of the molecule is CNCC(=O)c1c(O)c(O)cc(Br)c1F. The minimum absolute atomic E-state index is 0.0720. The van der Waals surface area contributed by atoms with Crippen molar-refractivity contribution in [3.63, 3.8) is 0 Å². The summed E-state index contributed by atoms with van der Waals surface area (Å²) in [5, 5.41) is 21.1. The lowest BCUT2D eigenvalue weighted by Crippen LogP contribution is -2.19. The molecule has 6 heteroatoms. The van der Waals surface area contributed by atoms with Crippen LogP contribution >= 0.6 is 15.9 Å². The van der Waals surface area contributed by atoms with E-state index in [0.29, 0.717) is 0 Å². The monoisotopic (exact) mass is 277 g/mol. The van der Waals surface area contributed by atoms with Crippen LogP contribution < -0.4 is 5.32 Å². The van der Waals surface area contributed by atoms with Crippen LogP contribution in [-0.4, -0.2) is 29.6 Å². The first kappa shape index (κ1) is 11.9. The lowest BCUT2D eigenvalue weighted by atomic mass is 10.1. The highest BCUT2D eigenvalue weighted by Crippen LogP contribution is 2.35. The van der Waals surface area contributed by atoms with E-state index in [2.05, 4.69) is 21.2 Å². The molecule has 0 fully saturated rings. The van der Waals surface area contributed by atoms with Crippen molar-refractivity contribution in [2.75, 3.05) is 13.6 Å². The van der Waals surface area contributed by atoms with Crippen molar-refractivity contribution in [1.29, 1.82) is 0 Å². The summed E-state index contributed by atoms with van der Waals surface area (Å²) in [6.07, 6.45) is 0. The Kier molecular flexibility index (Phi) is 3.65. The second-order valence-electron chi connectivity index (χ2n) is 2.87. The number of carbonyl (C=O) groups excluding carboxylic acids is 1. The van der Waals surface area contributed by atoms with Crippen molar-refractivity contribution in [2.24, 2.45) is 0 Å². The predicted molar refractivity (Wildman–Crippen MR) is 55.7 cm³/mol. The number of nitrogens with one attached hydrogen (secondary N) is 1. The van der Waals surface area contributed by atoms with E-state index in [-0.39, 0.29) is 11.0 Å². The highest BCUT2D eigenvalue weighted by molar-refractivity contribution is 9.10. The van der Waals surface area contributed by atoms with Gasteiger partial charge in [0.1, 0.15) is 5.56 Å². The molecule has 0 bridgehead atoms. The number of ketones is 1. The Labute approximate surface area is 93.9 Å². The average Bonchev–Trinajstić information content (AvgIpc) is 2.16. The fraction of sp³-hybridized carbons (Fsp3) is 0.222. The molecule has 0 unspecified atom stereocenters. The summed E-state index contributed by atoms with van der Waals surface area (Å²) in [7, 11) is 1.52. The zero-order valence-electron chi connectivity index (χ0n) is 7.84. The quantitative estimate of drug-likeness (QED) is 0.577. The van der Waals surface area contributed by atoms with E-state index < -0.39 is 28.7 Å². The minimum Gasteiger partial charge on any atom is -0.504 e. The fourth-order valence-electron chi connectivity index (χ4n) is 1.11. The maximum absolute atomic E-state index is 13.4. The lowest BCUT2D eigenvalue weighted by Gasteiger charge is -2.08. The number of rotatable bonds is 3. The van der Waals surface area contributed by atoms with Crippen LogP contribution in [-0.2, 0) is 0 Å². The smallest absolute Gasteiger partial charge is 0.183 e. The number of carbonyl (C=O) groups is 1. The van der Waals surface area contributed by atoms with Crippen LogP contribution in [0.15, 0.2) is 10.5 Å². The van der Waals surface area contributed by atoms with Gasteiger partial charge >= 0.3 is 0 Å². The molecule has 0 saturated heterocycles. The number of likely N-dealkylation sites (N-methyl/N-ethyl adjacent to an activating group) is 1. The van der Waals surface area contributed by atoms with Crippen LogP contribution in [0.2, 0.25) is 0 Å². The van der Waals surface area contributed by atoms with Gasteiger partial charge in [0, 0.05) is 6.07 Å². The molecule has 3 N–H and O–H groups in total. The molecular formula is C9H9BrFNO3. The Morgan fingerprint density at radius 2 is 2.20 bits per heavy atom. The maximum atomic E-state index is 13.4. The number of phenols is 2. The molecule has 0 spiro atoms. The average molecular weight is 278 g/mol. The topological polar surface area (TPSA) is 69.6 Å². The third-order valence-electron chi connectivity index (χ3n) is 1.79. The number of phenolic OH excluding ortho intramolecular Hbond substituents is 2. The largest absolute Gasteiger partial charge is 0.504 e. The summed E-state index contributed by atoms with van der Waals surface area (Å²) in [6.45, 7) is -0.125. The number of halogens is 2. The molecular weight excluding hydrogens is 269 g/mol. The summed E-state index contributed by atoms with van der Waals surface area (Å²) in [4.78, 5) is 11.4. The summed E-state index contributed by atoms with van der Waals surface area (Å²) in [5.74, 6) is -2.80. The third kappa shape index (κ3) is 2.27. The Bertz CT molecular complexity index is 383. The number of aromatic hydroxyl groups is 2. The Hall–Kier alpha value is -1.14. The summed E-state index contributed by atoms with van der Waals surface area (Å²) < 4.78 is 13.4. The molecule has 0 radical (unpaired) electrons. The zero-order chi connectivity index (χ0) is 11.6. The molecule has 15 heavy (non-hydrogen) atoms. The molecule has 1 aromatic rings. The molecule has 82 valence electrons. The molecule has 0 aromatic heterocycles. The van der Waals surface area contributed by atoms with Crippen LogP contribution in [0, 0.1) is 5.82 Å². The molecule has 0 saturated carbocycles. The maximum Gasteiger partial charge on any atom is 0.183 e. The minimum atomic E-state index is -0.884. The van der Waals surface area contributed by atoms with Crippen molar-refractivity contribution in [1.82, 2.24) is 5.32 Å². The molecule has 0 atom stereocenters. The van der Waals surface area contributed by atoms with E-state index in [0.717, 1.165) is 6.07 Å². The van der Waals surface area contributed by atoms with Gasteiger partial charge in [0.25, 0.3) is 0 Å². The first-order chi connectivity index (χ1) is 6.99. The molecule has 4 nitrogen and oxygen atoms in total. The molecule has 0 amide bonds. The number of Topliss-reactive ketones (excluding diaryl/α,β-unsaturated/α-hetero) is 1. The van der Waals surface area contributed by atoms with Gasteiger partial charge in [-0.15, -0.1) is 0 Å². The number of hydrogen-bond acceptors (Lipinski definition) is 4. The zero-order valence-corrected chi connectivity index (χ0v) is 9.43. The lowest BCUT2D eigenvalue weighted by molar-refractivity contribution is 0.0986. The first-order valence-electron chi connectivity index (χ1n) is 4.06. The van der Waals surface area contributed by atoms with Gasteiger partial charge in [-0.2, -0.15) is 0 Å². The van der Waals surface area contributed by atoms with E-state index >= 15 is 0 Å². The van der Waals surface area contributed by atoms with Crippen molar-refractivity contribution < 1.29 is 19.4 Å². The molecule has 1 aromatic carbocycles. The Morgan fingerprint density at radius 1 is 1.60 bits per heavy atom. The highest BCUT2D eigenvalue weighted by Gasteiger charge is 2.21. The van der Waals surface area contributed by atoms with Gasteiger partial charge in [-0.1, -0.05) is 0 Å². The number of hydrogen-bond donors (Lipinski definition) is 3.